The van der Waals surface area contributed by atoms with Gasteiger partial charge < -0.3 is 9.47 Å². The minimum absolute atomic E-state index is 0.143. The predicted octanol–water partition coefficient (Wildman–Crippen LogP) is 3.04. The minimum atomic E-state index is -3.80. The van der Waals surface area contributed by atoms with Gasteiger partial charge in [-0.05, 0) is 50.1 Å². The van der Waals surface area contributed by atoms with Gasteiger partial charge in [0.05, 0.1) is 12.0 Å². The lowest BCUT2D eigenvalue weighted by atomic mass is 10.2. The zero-order chi connectivity index (χ0) is 20.3. The van der Waals surface area contributed by atoms with Crippen LogP contribution in [0.25, 0.3) is 0 Å². The maximum atomic E-state index is 13.5. The van der Waals surface area contributed by atoms with E-state index in [9.17, 15) is 17.6 Å². The predicted molar refractivity (Wildman–Crippen MR) is 101 cm³/mol. The van der Waals surface area contributed by atoms with E-state index in [0.29, 0.717) is 24.2 Å². The number of benzene rings is 2. The van der Waals surface area contributed by atoms with Crippen molar-refractivity contribution in [1.29, 1.82) is 0 Å². The van der Waals surface area contributed by atoms with Gasteiger partial charge >= 0.3 is 5.97 Å². The van der Waals surface area contributed by atoms with Gasteiger partial charge in [0.1, 0.15) is 24.2 Å². The Morgan fingerprint density at radius 3 is 2.61 bits per heavy atom. The van der Waals surface area contributed by atoms with Gasteiger partial charge in [-0.2, -0.15) is 4.31 Å². The van der Waals surface area contributed by atoms with E-state index in [4.69, 9.17) is 9.47 Å². The maximum absolute atomic E-state index is 13.5. The first kappa shape index (κ1) is 20.3. The molecule has 6 nitrogen and oxygen atoms in total. The van der Waals surface area contributed by atoms with Crippen molar-refractivity contribution in [3.05, 3.63) is 59.4 Å². The van der Waals surface area contributed by atoms with Crippen LogP contribution in [0, 0.1) is 12.7 Å². The molecule has 1 fully saturated rings. The molecule has 0 saturated carbocycles. The third-order valence-corrected chi connectivity index (χ3v) is 6.64. The van der Waals surface area contributed by atoms with Crippen LogP contribution in [0.3, 0.4) is 0 Å². The van der Waals surface area contributed by atoms with Crippen molar-refractivity contribution >= 4 is 16.0 Å². The Morgan fingerprint density at radius 2 is 1.93 bits per heavy atom. The second-order valence-electron chi connectivity index (χ2n) is 6.65. The lowest BCUT2D eigenvalue weighted by Gasteiger charge is -2.23. The van der Waals surface area contributed by atoms with Crippen molar-refractivity contribution in [3.8, 4) is 5.75 Å². The molecule has 1 atom stereocenters. The van der Waals surface area contributed by atoms with Gasteiger partial charge in [-0.25, -0.2) is 12.8 Å². The number of hydrogen-bond acceptors (Lipinski definition) is 5. The summed E-state index contributed by atoms with van der Waals surface area (Å²) in [5.74, 6) is -0.736. The molecule has 3 rings (SSSR count). The molecule has 28 heavy (non-hydrogen) atoms. The number of ether oxygens (including phenoxy) is 2. The Kier molecular flexibility index (Phi) is 6.00. The van der Waals surface area contributed by atoms with E-state index < -0.39 is 27.9 Å². The molecule has 0 N–H and O–H groups in total. The van der Waals surface area contributed by atoms with Crippen LogP contribution in [0.1, 0.15) is 24.0 Å². The molecule has 0 unspecified atom stereocenters. The molecule has 0 amide bonds. The van der Waals surface area contributed by atoms with Gasteiger partial charge in [0.15, 0.2) is 0 Å². The molecule has 1 saturated heterocycles. The summed E-state index contributed by atoms with van der Waals surface area (Å²) < 4.78 is 50.9. The molecule has 0 spiro atoms. The van der Waals surface area contributed by atoms with Gasteiger partial charge in [-0.1, -0.05) is 17.7 Å². The number of carbonyl (C=O) groups is 1. The molecule has 2 aromatic rings. The van der Waals surface area contributed by atoms with E-state index in [2.05, 4.69) is 0 Å². The fourth-order valence-corrected chi connectivity index (χ4v) is 4.86. The Bertz CT molecular complexity index is 959. The maximum Gasteiger partial charge on any atom is 0.324 e. The van der Waals surface area contributed by atoms with Crippen LogP contribution in [-0.4, -0.2) is 38.4 Å². The summed E-state index contributed by atoms with van der Waals surface area (Å²) in [4.78, 5) is 12.7. The number of rotatable bonds is 6. The first-order valence-electron chi connectivity index (χ1n) is 8.90. The number of halogens is 1. The summed E-state index contributed by atoms with van der Waals surface area (Å²) in [5.41, 5.74) is 1.32. The molecule has 1 aliphatic rings. The summed E-state index contributed by atoms with van der Waals surface area (Å²) >= 11 is 0. The average molecular weight is 407 g/mol. The number of esters is 1. The van der Waals surface area contributed by atoms with Gasteiger partial charge in [0.2, 0.25) is 10.0 Å². The van der Waals surface area contributed by atoms with Crippen LogP contribution in [0.5, 0.6) is 5.75 Å². The van der Waals surface area contributed by atoms with Crippen molar-refractivity contribution < 1.29 is 27.1 Å². The summed E-state index contributed by atoms with van der Waals surface area (Å²) in [5, 5.41) is 0. The number of methoxy groups -OCH3 is 1. The quantitative estimate of drug-likeness (QED) is 0.689. The summed E-state index contributed by atoms with van der Waals surface area (Å²) in [7, 11) is -2.37. The molecule has 8 heteroatoms. The van der Waals surface area contributed by atoms with E-state index >= 15 is 0 Å². The third kappa shape index (κ3) is 4.18. The SMILES string of the molecule is COc1ccc(F)cc1COC(=O)[C@@H]1CCCN1S(=O)(=O)c1ccc(C)cc1. The Balaban J connectivity index is 1.74. The largest absolute Gasteiger partial charge is 0.496 e. The minimum Gasteiger partial charge on any atom is -0.496 e. The van der Waals surface area contributed by atoms with Crippen LogP contribution in [0.4, 0.5) is 4.39 Å². The highest BCUT2D eigenvalue weighted by molar-refractivity contribution is 7.89. The summed E-state index contributed by atoms with van der Waals surface area (Å²) in [6, 6.07) is 9.51. The first-order valence-corrected chi connectivity index (χ1v) is 10.3. The highest BCUT2D eigenvalue weighted by Gasteiger charge is 2.40. The fourth-order valence-electron chi connectivity index (χ4n) is 3.21. The van der Waals surface area contributed by atoms with Crippen molar-refractivity contribution in [3.63, 3.8) is 0 Å². The lowest BCUT2D eigenvalue weighted by molar-refractivity contribution is -0.148. The third-order valence-electron chi connectivity index (χ3n) is 4.72. The number of sulfonamides is 1. The highest BCUT2D eigenvalue weighted by atomic mass is 32.2. The Morgan fingerprint density at radius 1 is 1.21 bits per heavy atom. The topological polar surface area (TPSA) is 72.9 Å². The van der Waals surface area contributed by atoms with E-state index in [1.807, 2.05) is 6.92 Å². The molecule has 0 aromatic heterocycles. The zero-order valence-electron chi connectivity index (χ0n) is 15.7. The van der Waals surface area contributed by atoms with Gasteiger partial charge in [0.25, 0.3) is 0 Å². The van der Waals surface area contributed by atoms with Gasteiger partial charge in [-0.3, -0.25) is 4.79 Å². The van der Waals surface area contributed by atoms with Gasteiger partial charge in [0, 0.05) is 12.1 Å². The second kappa shape index (κ2) is 8.28. The first-order chi connectivity index (χ1) is 13.3. The van der Waals surface area contributed by atoms with E-state index in [1.165, 1.54) is 41.7 Å². The zero-order valence-corrected chi connectivity index (χ0v) is 16.5. The standard InChI is InChI=1S/C20H22FNO5S/c1-14-5-8-17(9-6-14)28(24,25)22-11-3-4-18(22)20(23)27-13-15-12-16(21)7-10-19(15)26-2/h5-10,12,18H,3-4,11,13H2,1-2H3/t18-/m0/s1. The number of aryl methyl sites for hydroxylation is 1. The smallest absolute Gasteiger partial charge is 0.324 e. The molecule has 2 aromatic carbocycles. The molecule has 150 valence electrons. The Labute approximate surface area is 163 Å². The van der Waals surface area contributed by atoms with E-state index in [0.717, 1.165) is 5.56 Å². The van der Waals surface area contributed by atoms with E-state index in [1.54, 1.807) is 12.1 Å². The monoisotopic (exact) mass is 407 g/mol. The van der Waals surface area contributed by atoms with Crippen LogP contribution in [-0.2, 0) is 26.2 Å². The summed E-state index contributed by atoms with van der Waals surface area (Å²) in [6.45, 7) is 1.92. The van der Waals surface area contributed by atoms with Gasteiger partial charge in [-0.15, -0.1) is 0 Å². The van der Waals surface area contributed by atoms with Crippen LogP contribution in [0.15, 0.2) is 47.4 Å². The molecule has 0 bridgehead atoms. The second-order valence-corrected chi connectivity index (χ2v) is 8.54. The van der Waals surface area contributed by atoms with Crippen LogP contribution < -0.4 is 4.74 Å². The Hall–Kier alpha value is -2.45. The van der Waals surface area contributed by atoms with Crippen molar-refractivity contribution in [2.75, 3.05) is 13.7 Å². The fraction of sp³-hybridized carbons (Fsp3) is 0.350. The molecule has 1 aliphatic heterocycles. The van der Waals surface area contributed by atoms with Crippen molar-refractivity contribution in [1.82, 2.24) is 4.31 Å². The molecule has 0 aliphatic carbocycles. The molecule has 0 radical (unpaired) electrons. The number of carbonyl (C=O) groups excluding carboxylic acids is 1. The van der Waals surface area contributed by atoms with Crippen molar-refractivity contribution in [2.45, 2.75) is 37.3 Å². The van der Waals surface area contributed by atoms with Crippen LogP contribution in [0.2, 0.25) is 0 Å². The normalized spacial score (nSPS) is 17.5. The number of hydrogen-bond donors (Lipinski definition) is 0. The lowest BCUT2D eigenvalue weighted by Crippen LogP contribution is -2.41. The van der Waals surface area contributed by atoms with E-state index in [-0.39, 0.29) is 18.0 Å². The van der Waals surface area contributed by atoms with Crippen molar-refractivity contribution in [2.24, 2.45) is 0 Å². The molecular formula is C20H22FNO5S. The molecular weight excluding hydrogens is 385 g/mol. The summed E-state index contributed by atoms with van der Waals surface area (Å²) in [6.07, 6.45) is 0.943. The highest BCUT2D eigenvalue weighted by Crippen LogP contribution is 2.28. The van der Waals surface area contributed by atoms with Crippen LogP contribution >= 0.6 is 0 Å². The number of nitrogens with zero attached hydrogens (tertiary/aromatic N) is 1. The average Bonchev–Trinajstić information content (AvgIpc) is 3.17. The molecule has 1 heterocycles.